The van der Waals surface area contributed by atoms with Gasteiger partial charge in [-0.15, -0.1) is 11.8 Å². The lowest BCUT2D eigenvalue weighted by molar-refractivity contribution is -0.191. The fourth-order valence-corrected chi connectivity index (χ4v) is 3.31. The van der Waals surface area contributed by atoms with E-state index >= 15 is 0 Å². The first-order chi connectivity index (χ1) is 16.4. The Morgan fingerprint density at radius 1 is 1.18 bits per heavy atom. The minimum absolute atomic E-state index is 0.0288. The van der Waals surface area contributed by atoms with Crippen molar-refractivity contribution in [3.63, 3.8) is 0 Å². The van der Waals surface area contributed by atoms with Gasteiger partial charge in [-0.1, -0.05) is 32.0 Å². The number of halogens is 2. The summed E-state index contributed by atoms with van der Waals surface area (Å²) in [5, 5.41) is 15.7. The largest absolute Gasteiger partial charge is 0.394 e. The van der Waals surface area contributed by atoms with Crippen LogP contribution in [0.15, 0.2) is 64.1 Å². The normalized spacial score (nSPS) is 10.5. The summed E-state index contributed by atoms with van der Waals surface area (Å²) in [4.78, 5) is 26.2. The first-order valence-electron chi connectivity index (χ1n) is 10.4. The molecule has 10 heteroatoms. The van der Waals surface area contributed by atoms with Gasteiger partial charge in [0.05, 0.1) is 17.1 Å². The third-order valence-electron chi connectivity index (χ3n) is 4.45. The Bertz CT molecular complexity index is 1030. The lowest BCUT2D eigenvalue weighted by atomic mass is 10.2. The number of benzene rings is 2. The maximum atomic E-state index is 12.2. The van der Waals surface area contributed by atoms with E-state index in [4.69, 9.17) is 9.59 Å². The Morgan fingerprint density at radius 3 is 2.41 bits per heavy atom. The zero-order valence-electron chi connectivity index (χ0n) is 19.2. The number of rotatable bonds is 8. The Kier molecular flexibility index (Phi) is 14.4. The van der Waals surface area contributed by atoms with Crippen LogP contribution in [0.1, 0.15) is 25.8 Å². The van der Waals surface area contributed by atoms with Gasteiger partial charge in [-0.2, -0.15) is 14.6 Å². The summed E-state index contributed by atoms with van der Waals surface area (Å²) >= 11 is 5.11. The highest BCUT2D eigenvalue weighted by molar-refractivity contribution is 9.10. The smallest absolute Gasteiger partial charge is 0.373 e. The number of aliphatic hydroxyl groups is 1. The van der Waals surface area contributed by atoms with E-state index < -0.39 is 0 Å². The highest BCUT2D eigenvalue weighted by atomic mass is 79.9. The van der Waals surface area contributed by atoms with E-state index in [9.17, 15) is 9.50 Å². The zero-order valence-corrected chi connectivity index (χ0v) is 21.6. The summed E-state index contributed by atoms with van der Waals surface area (Å²) in [5.41, 5.74) is 2.12. The molecule has 0 amide bonds. The van der Waals surface area contributed by atoms with Crippen LogP contribution in [-0.4, -0.2) is 40.1 Å². The van der Waals surface area contributed by atoms with E-state index in [-0.39, 0.29) is 24.6 Å². The molecule has 0 aliphatic carbocycles. The lowest BCUT2D eigenvalue weighted by Gasteiger charge is -2.16. The minimum Gasteiger partial charge on any atom is -0.394 e. The van der Waals surface area contributed by atoms with Gasteiger partial charge in [-0.3, -0.25) is 0 Å². The first-order valence-corrected chi connectivity index (χ1v) is 12.5. The Balaban J connectivity index is 0.000000398. The zero-order chi connectivity index (χ0) is 25.3. The third kappa shape index (κ3) is 10.9. The van der Waals surface area contributed by atoms with E-state index in [0.29, 0.717) is 11.8 Å². The maximum Gasteiger partial charge on any atom is 0.373 e. The Labute approximate surface area is 211 Å². The standard InChI is InChI=1S/C15H19BrN4OS.C8H9F.CO2/c1-3-10(9-21)18-14-13(16)8-17-15(20-14)19-11-5-4-6-12(7-11)22-2;1-2-7-3-5-8(9)6-4-7;2-1-3/h4-8,10,21H,3,9H2,1-2H3,(H2,17,18,19,20);3-6H,2H2,1H3;. The molecular weight excluding hydrogens is 523 g/mol. The summed E-state index contributed by atoms with van der Waals surface area (Å²) in [5.74, 6) is 1.02. The fourth-order valence-electron chi connectivity index (χ4n) is 2.55. The van der Waals surface area contributed by atoms with Gasteiger partial charge in [0, 0.05) is 16.8 Å². The number of carbonyl (C=O) groups excluding carboxylic acids is 2. The van der Waals surface area contributed by atoms with Gasteiger partial charge in [-0.25, -0.2) is 9.37 Å². The quantitative estimate of drug-likeness (QED) is 0.307. The van der Waals surface area contributed by atoms with Crippen LogP contribution in [0.3, 0.4) is 0 Å². The number of thioether (sulfide) groups is 1. The van der Waals surface area contributed by atoms with Gasteiger partial charge < -0.3 is 15.7 Å². The molecule has 182 valence electrons. The molecule has 1 heterocycles. The maximum absolute atomic E-state index is 12.2. The molecule has 1 aromatic heterocycles. The van der Waals surface area contributed by atoms with E-state index in [1.807, 2.05) is 38.3 Å². The predicted octanol–water partition coefficient (Wildman–Crippen LogP) is 5.69. The van der Waals surface area contributed by atoms with Crippen LogP contribution in [0.5, 0.6) is 0 Å². The van der Waals surface area contributed by atoms with E-state index in [1.165, 1.54) is 22.6 Å². The number of nitrogens with zero attached hydrogens (tertiary/aromatic N) is 2. The van der Waals surface area contributed by atoms with Crippen molar-refractivity contribution >= 4 is 51.3 Å². The number of hydrogen-bond acceptors (Lipinski definition) is 8. The van der Waals surface area contributed by atoms with Crippen LogP contribution >= 0.6 is 27.7 Å². The average molecular weight is 551 g/mol. The molecule has 0 radical (unpaired) electrons. The summed E-state index contributed by atoms with van der Waals surface area (Å²) in [6.45, 7) is 4.12. The van der Waals surface area contributed by atoms with Crippen LogP contribution in [0, 0.1) is 5.82 Å². The van der Waals surface area contributed by atoms with Gasteiger partial charge in [0.15, 0.2) is 0 Å². The molecule has 3 N–H and O–H groups in total. The Hall–Kier alpha value is -2.78. The van der Waals surface area contributed by atoms with E-state index in [2.05, 4.69) is 42.6 Å². The molecule has 0 bridgehead atoms. The van der Waals surface area contributed by atoms with E-state index in [1.54, 1.807) is 30.1 Å². The summed E-state index contributed by atoms with van der Waals surface area (Å²) in [6.07, 6.45) is 5.77. The number of nitrogens with one attached hydrogen (secondary N) is 2. The average Bonchev–Trinajstić information content (AvgIpc) is 2.86. The van der Waals surface area contributed by atoms with Crippen molar-refractivity contribution in [3.05, 3.63) is 70.6 Å². The summed E-state index contributed by atoms with van der Waals surface area (Å²) in [6, 6.07) is 14.6. The molecule has 0 aliphatic rings. The highest BCUT2D eigenvalue weighted by Crippen LogP contribution is 2.24. The van der Waals surface area contributed by atoms with Crippen LogP contribution in [0.4, 0.5) is 21.8 Å². The molecule has 0 saturated heterocycles. The fraction of sp³-hybridized carbons (Fsp3) is 0.292. The van der Waals surface area contributed by atoms with Gasteiger partial charge in [0.25, 0.3) is 0 Å². The third-order valence-corrected chi connectivity index (χ3v) is 5.75. The molecule has 3 aromatic rings. The van der Waals surface area contributed by atoms with Gasteiger partial charge in [0.1, 0.15) is 11.6 Å². The molecular formula is C24H28BrFN4O3S. The Morgan fingerprint density at radius 2 is 1.85 bits per heavy atom. The van der Waals surface area contributed by atoms with Crippen molar-refractivity contribution in [2.24, 2.45) is 0 Å². The first kappa shape index (κ1) is 29.3. The van der Waals surface area contributed by atoms with Crippen molar-refractivity contribution in [2.75, 3.05) is 23.5 Å². The second kappa shape index (κ2) is 16.8. The molecule has 1 unspecified atom stereocenters. The van der Waals surface area contributed by atoms with Crippen molar-refractivity contribution in [1.29, 1.82) is 0 Å². The van der Waals surface area contributed by atoms with Crippen molar-refractivity contribution in [3.8, 4) is 0 Å². The monoisotopic (exact) mass is 550 g/mol. The highest BCUT2D eigenvalue weighted by Gasteiger charge is 2.10. The van der Waals surface area contributed by atoms with Crippen molar-refractivity contribution < 1.29 is 19.1 Å². The number of aryl methyl sites for hydroxylation is 1. The van der Waals surface area contributed by atoms with Gasteiger partial charge in [0.2, 0.25) is 5.95 Å². The predicted molar refractivity (Wildman–Crippen MR) is 137 cm³/mol. The van der Waals surface area contributed by atoms with Crippen LogP contribution in [0.2, 0.25) is 0 Å². The van der Waals surface area contributed by atoms with Gasteiger partial charge in [-0.05, 0) is 70.9 Å². The van der Waals surface area contributed by atoms with Crippen molar-refractivity contribution in [2.45, 2.75) is 37.6 Å². The lowest BCUT2D eigenvalue weighted by Crippen LogP contribution is -2.23. The minimum atomic E-state index is -0.160. The number of hydrogen-bond donors (Lipinski definition) is 3. The second-order valence-corrected chi connectivity index (χ2v) is 8.48. The van der Waals surface area contributed by atoms with Crippen LogP contribution in [0.25, 0.3) is 0 Å². The molecule has 34 heavy (non-hydrogen) atoms. The molecule has 0 fully saturated rings. The molecule has 7 nitrogen and oxygen atoms in total. The molecule has 0 aliphatic heterocycles. The van der Waals surface area contributed by atoms with Crippen LogP contribution in [-0.2, 0) is 16.0 Å². The van der Waals surface area contributed by atoms with Crippen molar-refractivity contribution in [1.82, 2.24) is 9.97 Å². The topological polar surface area (TPSA) is 104 Å². The number of aromatic nitrogens is 2. The summed E-state index contributed by atoms with van der Waals surface area (Å²) in [7, 11) is 0. The SMILES string of the molecule is CCC(CO)Nc1nc(Nc2cccc(SC)c2)ncc1Br.CCc1ccc(F)cc1.O=C=O. The second-order valence-electron chi connectivity index (χ2n) is 6.74. The molecule has 1 atom stereocenters. The number of aliphatic hydroxyl groups excluding tert-OH is 1. The molecule has 2 aromatic carbocycles. The molecule has 3 rings (SSSR count). The van der Waals surface area contributed by atoms with Crippen LogP contribution < -0.4 is 10.6 Å². The molecule has 0 saturated carbocycles. The number of anilines is 3. The van der Waals surface area contributed by atoms with Gasteiger partial charge >= 0.3 is 6.15 Å². The summed E-state index contributed by atoms with van der Waals surface area (Å²) < 4.78 is 13.0. The molecule has 0 spiro atoms. The van der Waals surface area contributed by atoms with E-state index in [0.717, 1.165) is 23.0 Å².